The predicted octanol–water partition coefficient (Wildman–Crippen LogP) is 1.62. The first-order chi connectivity index (χ1) is 9.67. The fourth-order valence-corrected chi connectivity index (χ4v) is 2.64. The quantitative estimate of drug-likeness (QED) is 0.207. The molecule has 1 aliphatic rings. The number of nitrogens with one attached hydrogen (secondary N) is 1. The third-order valence-electron chi connectivity index (χ3n) is 3.84. The van der Waals surface area contributed by atoms with E-state index < -0.39 is 5.41 Å². The van der Waals surface area contributed by atoms with Crippen LogP contribution in [0, 0.1) is 5.41 Å². The van der Waals surface area contributed by atoms with Gasteiger partial charge < -0.3 is 21.0 Å². The van der Waals surface area contributed by atoms with Crippen molar-refractivity contribution in [1.29, 1.82) is 0 Å². The minimum Gasteiger partial charge on any atom is -0.409 e. The second-order valence-electron chi connectivity index (χ2n) is 5.35. The van der Waals surface area contributed by atoms with Crippen molar-refractivity contribution in [3.05, 3.63) is 0 Å². The molecule has 0 bridgehead atoms. The van der Waals surface area contributed by atoms with E-state index in [2.05, 4.69) is 17.4 Å². The Bertz CT molecular complexity index is 326. The van der Waals surface area contributed by atoms with Crippen LogP contribution >= 0.6 is 0 Å². The molecule has 1 saturated carbocycles. The molecular weight excluding hydrogens is 258 g/mol. The standard InChI is InChI=1S/C14H27N3O3/c1-2-10-20-11-6-9-16-13(18)14(12(15)17-19)7-4-3-5-8-14/h19H,2-11H2,1H3,(H2,15,17)(H,16,18). The van der Waals surface area contributed by atoms with Crippen molar-refractivity contribution >= 4 is 11.7 Å². The van der Waals surface area contributed by atoms with Crippen molar-refractivity contribution in [1.82, 2.24) is 5.32 Å². The summed E-state index contributed by atoms with van der Waals surface area (Å²) in [5, 5.41) is 14.9. The summed E-state index contributed by atoms with van der Waals surface area (Å²) >= 11 is 0. The van der Waals surface area contributed by atoms with Gasteiger partial charge in [0.05, 0.1) is 0 Å². The van der Waals surface area contributed by atoms with Crippen LogP contribution < -0.4 is 11.1 Å². The van der Waals surface area contributed by atoms with Gasteiger partial charge in [0, 0.05) is 19.8 Å². The summed E-state index contributed by atoms with van der Waals surface area (Å²) in [6.07, 6.45) is 6.05. The molecule has 0 aromatic rings. The molecule has 0 aliphatic heterocycles. The van der Waals surface area contributed by atoms with Crippen LogP contribution in [0.4, 0.5) is 0 Å². The number of carbonyl (C=O) groups excluding carboxylic acids is 1. The Morgan fingerprint density at radius 1 is 1.35 bits per heavy atom. The topological polar surface area (TPSA) is 96.9 Å². The van der Waals surface area contributed by atoms with E-state index in [1.54, 1.807) is 0 Å². The van der Waals surface area contributed by atoms with Crippen LogP contribution in [-0.4, -0.2) is 36.7 Å². The minimum absolute atomic E-state index is 0.0388. The van der Waals surface area contributed by atoms with Gasteiger partial charge in [-0.1, -0.05) is 31.3 Å². The highest BCUT2D eigenvalue weighted by molar-refractivity contribution is 6.06. The van der Waals surface area contributed by atoms with Crippen molar-refractivity contribution in [2.75, 3.05) is 19.8 Å². The van der Waals surface area contributed by atoms with Gasteiger partial charge in [-0.25, -0.2) is 0 Å². The molecule has 1 aliphatic carbocycles. The van der Waals surface area contributed by atoms with E-state index in [0.29, 0.717) is 26.0 Å². The highest BCUT2D eigenvalue weighted by Crippen LogP contribution is 2.36. The average molecular weight is 285 g/mol. The van der Waals surface area contributed by atoms with Crippen LogP contribution in [0.15, 0.2) is 5.16 Å². The molecule has 0 atom stereocenters. The number of rotatable bonds is 8. The Morgan fingerprint density at radius 2 is 2.05 bits per heavy atom. The van der Waals surface area contributed by atoms with Crippen molar-refractivity contribution < 1.29 is 14.7 Å². The number of amides is 1. The second-order valence-corrected chi connectivity index (χ2v) is 5.35. The zero-order valence-electron chi connectivity index (χ0n) is 12.4. The fourth-order valence-electron chi connectivity index (χ4n) is 2.64. The smallest absolute Gasteiger partial charge is 0.233 e. The fraction of sp³-hybridized carbons (Fsp3) is 0.857. The molecule has 1 amide bonds. The molecule has 0 aromatic carbocycles. The van der Waals surface area contributed by atoms with E-state index >= 15 is 0 Å². The van der Waals surface area contributed by atoms with E-state index in [1.165, 1.54) is 0 Å². The lowest BCUT2D eigenvalue weighted by atomic mass is 9.72. The van der Waals surface area contributed by atoms with Gasteiger partial charge in [0.2, 0.25) is 5.91 Å². The van der Waals surface area contributed by atoms with E-state index in [1.807, 2.05) is 0 Å². The molecule has 1 fully saturated rings. The molecule has 116 valence electrons. The molecule has 4 N–H and O–H groups in total. The molecule has 0 unspecified atom stereocenters. The van der Waals surface area contributed by atoms with Gasteiger partial charge in [0.1, 0.15) is 5.41 Å². The number of hydrogen-bond acceptors (Lipinski definition) is 4. The summed E-state index contributed by atoms with van der Waals surface area (Å²) < 4.78 is 5.36. The first-order valence-corrected chi connectivity index (χ1v) is 7.51. The van der Waals surface area contributed by atoms with Gasteiger partial charge in [-0.05, 0) is 25.7 Å². The van der Waals surface area contributed by atoms with Gasteiger partial charge in [-0.3, -0.25) is 4.79 Å². The number of carbonyl (C=O) groups is 1. The summed E-state index contributed by atoms with van der Waals surface area (Å²) in [5.41, 5.74) is 4.95. The lowest BCUT2D eigenvalue weighted by molar-refractivity contribution is -0.129. The van der Waals surface area contributed by atoms with Gasteiger partial charge in [0.25, 0.3) is 0 Å². The normalized spacial score (nSPS) is 18.8. The highest BCUT2D eigenvalue weighted by Gasteiger charge is 2.43. The van der Waals surface area contributed by atoms with Crippen molar-refractivity contribution in [3.8, 4) is 0 Å². The van der Waals surface area contributed by atoms with Gasteiger partial charge in [0.15, 0.2) is 5.84 Å². The van der Waals surface area contributed by atoms with E-state index in [4.69, 9.17) is 15.7 Å². The van der Waals surface area contributed by atoms with Crippen LogP contribution in [0.25, 0.3) is 0 Å². The molecule has 6 nitrogen and oxygen atoms in total. The number of ether oxygens (including phenoxy) is 1. The number of nitrogens with two attached hydrogens (primary N) is 1. The Kier molecular flexibility index (Phi) is 7.36. The second kappa shape index (κ2) is 8.79. The van der Waals surface area contributed by atoms with E-state index in [9.17, 15) is 4.79 Å². The Labute approximate surface area is 120 Å². The Balaban J connectivity index is 2.44. The van der Waals surface area contributed by atoms with Crippen LogP contribution in [0.5, 0.6) is 0 Å². The largest absolute Gasteiger partial charge is 0.409 e. The van der Waals surface area contributed by atoms with Gasteiger partial charge >= 0.3 is 0 Å². The first-order valence-electron chi connectivity index (χ1n) is 7.51. The third kappa shape index (κ3) is 4.37. The maximum Gasteiger partial charge on any atom is 0.233 e. The molecule has 0 radical (unpaired) electrons. The minimum atomic E-state index is -0.822. The zero-order valence-corrected chi connectivity index (χ0v) is 12.4. The number of oxime groups is 1. The first kappa shape index (κ1) is 16.8. The van der Waals surface area contributed by atoms with Crippen molar-refractivity contribution in [2.45, 2.75) is 51.9 Å². The van der Waals surface area contributed by atoms with Crippen LogP contribution in [-0.2, 0) is 9.53 Å². The SMILES string of the molecule is CCCOCCCNC(=O)C1(C(N)=NO)CCCCC1. The van der Waals surface area contributed by atoms with Gasteiger partial charge in [-0.2, -0.15) is 0 Å². The molecule has 0 spiro atoms. The summed E-state index contributed by atoms with van der Waals surface area (Å²) in [6.45, 7) is 4.02. The zero-order chi connectivity index (χ0) is 14.8. The lowest BCUT2D eigenvalue weighted by Gasteiger charge is -2.34. The average Bonchev–Trinajstić information content (AvgIpc) is 2.50. The maximum atomic E-state index is 12.4. The predicted molar refractivity (Wildman–Crippen MR) is 77.7 cm³/mol. The summed E-state index contributed by atoms with van der Waals surface area (Å²) in [4.78, 5) is 12.4. The molecule has 20 heavy (non-hydrogen) atoms. The monoisotopic (exact) mass is 285 g/mol. The molecule has 0 heterocycles. The van der Waals surface area contributed by atoms with Crippen molar-refractivity contribution in [3.63, 3.8) is 0 Å². The maximum absolute atomic E-state index is 12.4. The molecule has 6 heteroatoms. The number of amidine groups is 1. The van der Waals surface area contributed by atoms with Crippen LogP contribution in [0.3, 0.4) is 0 Å². The van der Waals surface area contributed by atoms with Gasteiger partial charge in [-0.15, -0.1) is 0 Å². The molecule has 0 aromatic heterocycles. The lowest BCUT2D eigenvalue weighted by Crippen LogP contribution is -2.51. The summed E-state index contributed by atoms with van der Waals surface area (Å²) in [7, 11) is 0. The Morgan fingerprint density at radius 3 is 2.65 bits per heavy atom. The van der Waals surface area contributed by atoms with Crippen LogP contribution in [0.1, 0.15) is 51.9 Å². The van der Waals surface area contributed by atoms with Crippen LogP contribution in [0.2, 0.25) is 0 Å². The van der Waals surface area contributed by atoms with E-state index in [0.717, 1.165) is 38.7 Å². The molecule has 1 rings (SSSR count). The number of nitrogens with zero attached hydrogens (tertiary/aromatic N) is 1. The third-order valence-corrected chi connectivity index (χ3v) is 3.84. The van der Waals surface area contributed by atoms with Crippen molar-refractivity contribution in [2.24, 2.45) is 16.3 Å². The summed E-state index contributed by atoms with van der Waals surface area (Å²) in [6, 6.07) is 0. The van der Waals surface area contributed by atoms with E-state index in [-0.39, 0.29) is 11.7 Å². The number of hydrogen-bond donors (Lipinski definition) is 3. The Hall–Kier alpha value is -1.30. The summed E-state index contributed by atoms with van der Waals surface area (Å²) in [5.74, 6) is -0.0834. The molecule has 0 saturated heterocycles. The highest BCUT2D eigenvalue weighted by atomic mass is 16.5. The molecular formula is C14H27N3O3.